The summed E-state index contributed by atoms with van der Waals surface area (Å²) in [7, 11) is 1.83. The van der Waals surface area contributed by atoms with Gasteiger partial charge in [-0.1, -0.05) is 24.3 Å². The van der Waals surface area contributed by atoms with Crippen molar-refractivity contribution in [1.82, 2.24) is 0 Å². The third-order valence-electron chi connectivity index (χ3n) is 4.24. The van der Waals surface area contributed by atoms with E-state index in [2.05, 4.69) is 24.3 Å². The summed E-state index contributed by atoms with van der Waals surface area (Å²) in [5.41, 5.74) is 9.16. The van der Waals surface area contributed by atoms with Crippen LogP contribution in [-0.4, -0.2) is 18.2 Å². The molecule has 2 saturated carbocycles. The number of hydrogen-bond acceptors (Lipinski definition) is 2. The summed E-state index contributed by atoms with van der Waals surface area (Å²) < 4.78 is 5.55. The molecule has 0 aliphatic heterocycles. The minimum absolute atomic E-state index is 0.117. The molecular formula is C15H21NO. The van der Waals surface area contributed by atoms with Gasteiger partial charge in [-0.3, -0.25) is 0 Å². The molecule has 0 bridgehead atoms. The largest absolute Gasteiger partial charge is 0.378 e. The molecule has 1 aromatic rings. The lowest BCUT2D eigenvalue weighted by atomic mass is 10.0. The van der Waals surface area contributed by atoms with E-state index in [1.165, 1.54) is 36.8 Å². The van der Waals surface area contributed by atoms with E-state index in [-0.39, 0.29) is 11.1 Å². The smallest absolute Gasteiger partial charge is 0.0721 e. The Bertz CT molecular complexity index is 401. The molecule has 0 radical (unpaired) electrons. The van der Waals surface area contributed by atoms with Crippen LogP contribution in [0.1, 0.15) is 36.8 Å². The number of benzene rings is 1. The summed E-state index contributed by atoms with van der Waals surface area (Å²) in [6.45, 7) is 0. The monoisotopic (exact) mass is 231 g/mol. The van der Waals surface area contributed by atoms with Gasteiger partial charge in [0.1, 0.15) is 0 Å². The van der Waals surface area contributed by atoms with E-state index >= 15 is 0 Å². The minimum atomic E-state index is 0.117. The van der Waals surface area contributed by atoms with Gasteiger partial charge in [0.25, 0.3) is 0 Å². The van der Waals surface area contributed by atoms with Crippen molar-refractivity contribution in [3.63, 3.8) is 0 Å². The molecule has 0 spiro atoms. The maximum absolute atomic E-state index is 6.13. The van der Waals surface area contributed by atoms with Crippen LogP contribution in [0.2, 0.25) is 0 Å². The van der Waals surface area contributed by atoms with Crippen LogP contribution in [-0.2, 0) is 17.6 Å². The van der Waals surface area contributed by atoms with Crippen molar-refractivity contribution in [2.75, 3.05) is 7.11 Å². The Morgan fingerprint density at radius 1 is 1.00 bits per heavy atom. The zero-order chi connectivity index (χ0) is 11.9. The van der Waals surface area contributed by atoms with Crippen LogP contribution in [0.25, 0.3) is 0 Å². The van der Waals surface area contributed by atoms with Crippen LogP contribution in [0, 0.1) is 0 Å². The maximum Gasteiger partial charge on any atom is 0.0721 e. The number of ether oxygens (including phenoxy) is 1. The molecule has 17 heavy (non-hydrogen) atoms. The van der Waals surface area contributed by atoms with Crippen molar-refractivity contribution in [3.8, 4) is 0 Å². The average Bonchev–Trinajstić information content (AvgIpc) is 3.22. The van der Waals surface area contributed by atoms with Gasteiger partial charge in [-0.25, -0.2) is 0 Å². The summed E-state index contributed by atoms with van der Waals surface area (Å²) in [4.78, 5) is 0. The molecule has 0 saturated heterocycles. The summed E-state index contributed by atoms with van der Waals surface area (Å²) in [6, 6.07) is 8.93. The molecule has 2 fully saturated rings. The van der Waals surface area contributed by atoms with Crippen molar-refractivity contribution in [2.24, 2.45) is 5.73 Å². The molecule has 3 rings (SSSR count). The van der Waals surface area contributed by atoms with Gasteiger partial charge in [0.15, 0.2) is 0 Å². The highest BCUT2D eigenvalue weighted by molar-refractivity contribution is 5.27. The summed E-state index contributed by atoms with van der Waals surface area (Å²) in [6.07, 6.45) is 6.86. The first-order valence-electron chi connectivity index (χ1n) is 6.55. The molecule has 2 heteroatoms. The topological polar surface area (TPSA) is 35.2 Å². The number of nitrogens with two attached hydrogens (primary N) is 1. The fraction of sp³-hybridized carbons (Fsp3) is 0.600. The Balaban J connectivity index is 1.63. The maximum atomic E-state index is 6.13. The lowest BCUT2D eigenvalue weighted by molar-refractivity contribution is 0.0807. The number of rotatable bonds is 5. The third-order valence-corrected chi connectivity index (χ3v) is 4.24. The van der Waals surface area contributed by atoms with Crippen LogP contribution in [0.3, 0.4) is 0 Å². The molecule has 2 aliphatic rings. The molecule has 0 amide bonds. The molecule has 0 heterocycles. The molecule has 1 aromatic carbocycles. The van der Waals surface area contributed by atoms with Crippen molar-refractivity contribution in [1.29, 1.82) is 0 Å². The van der Waals surface area contributed by atoms with Crippen LogP contribution in [0.5, 0.6) is 0 Å². The first-order valence-corrected chi connectivity index (χ1v) is 6.55. The second-order valence-corrected chi connectivity index (χ2v) is 5.92. The SMILES string of the molecule is COC1(Cc2ccc(CC3(N)CC3)cc2)CC1. The van der Waals surface area contributed by atoms with Crippen LogP contribution in [0.4, 0.5) is 0 Å². The predicted molar refractivity (Wildman–Crippen MR) is 69.0 cm³/mol. The Morgan fingerprint density at radius 3 is 1.94 bits per heavy atom. The van der Waals surface area contributed by atoms with E-state index in [1.807, 2.05) is 7.11 Å². The second-order valence-electron chi connectivity index (χ2n) is 5.92. The molecule has 2 N–H and O–H groups in total. The molecule has 2 nitrogen and oxygen atoms in total. The highest BCUT2D eigenvalue weighted by atomic mass is 16.5. The van der Waals surface area contributed by atoms with E-state index in [0.29, 0.717) is 0 Å². The molecular weight excluding hydrogens is 210 g/mol. The first-order chi connectivity index (χ1) is 8.13. The van der Waals surface area contributed by atoms with Crippen LogP contribution in [0.15, 0.2) is 24.3 Å². The van der Waals surface area contributed by atoms with Crippen molar-refractivity contribution in [3.05, 3.63) is 35.4 Å². The second kappa shape index (κ2) is 3.82. The molecule has 0 aromatic heterocycles. The fourth-order valence-corrected chi connectivity index (χ4v) is 2.48. The standard InChI is InChI=1S/C15H21NO/c1-17-15(8-9-15)11-13-4-2-12(3-5-13)10-14(16)6-7-14/h2-5H,6-11,16H2,1H3. The average molecular weight is 231 g/mol. The lowest BCUT2D eigenvalue weighted by Gasteiger charge is -2.14. The molecule has 92 valence electrons. The van der Waals surface area contributed by atoms with Gasteiger partial charge < -0.3 is 10.5 Å². The van der Waals surface area contributed by atoms with Crippen molar-refractivity contribution in [2.45, 2.75) is 49.7 Å². The van der Waals surface area contributed by atoms with E-state index in [4.69, 9.17) is 10.5 Å². The fourth-order valence-electron chi connectivity index (χ4n) is 2.48. The van der Waals surface area contributed by atoms with Crippen LogP contribution < -0.4 is 5.73 Å². The van der Waals surface area contributed by atoms with Gasteiger partial charge in [0, 0.05) is 19.1 Å². The predicted octanol–water partition coefficient (Wildman–Crippen LogP) is 2.44. The van der Waals surface area contributed by atoms with E-state index < -0.39 is 0 Å². The Hall–Kier alpha value is -0.860. The minimum Gasteiger partial charge on any atom is -0.378 e. The van der Waals surface area contributed by atoms with E-state index in [9.17, 15) is 0 Å². The summed E-state index contributed by atoms with van der Waals surface area (Å²) in [5.74, 6) is 0. The van der Waals surface area contributed by atoms with Gasteiger partial charge >= 0.3 is 0 Å². The highest BCUT2D eigenvalue weighted by Gasteiger charge is 2.42. The Kier molecular flexibility index (Phi) is 2.53. The van der Waals surface area contributed by atoms with E-state index in [1.54, 1.807) is 0 Å². The van der Waals surface area contributed by atoms with Crippen LogP contribution >= 0.6 is 0 Å². The van der Waals surface area contributed by atoms with Gasteiger partial charge in [0.05, 0.1) is 5.60 Å². The number of hydrogen-bond donors (Lipinski definition) is 1. The quantitative estimate of drug-likeness (QED) is 0.844. The molecule has 0 unspecified atom stereocenters. The van der Waals surface area contributed by atoms with Gasteiger partial charge in [0.2, 0.25) is 0 Å². The van der Waals surface area contributed by atoms with Crippen molar-refractivity contribution >= 4 is 0 Å². The Morgan fingerprint density at radius 2 is 1.53 bits per heavy atom. The zero-order valence-electron chi connectivity index (χ0n) is 10.5. The van der Waals surface area contributed by atoms with E-state index in [0.717, 1.165) is 12.8 Å². The van der Waals surface area contributed by atoms with Gasteiger partial charge in [-0.05, 0) is 43.2 Å². The summed E-state index contributed by atoms with van der Waals surface area (Å²) in [5, 5.41) is 0. The highest BCUT2D eigenvalue weighted by Crippen LogP contribution is 2.42. The molecule has 0 atom stereocenters. The molecule has 2 aliphatic carbocycles. The summed E-state index contributed by atoms with van der Waals surface area (Å²) >= 11 is 0. The normalized spacial score (nSPS) is 23.4. The van der Waals surface area contributed by atoms with Crippen molar-refractivity contribution < 1.29 is 4.74 Å². The van der Waals surface area contributed by atoms with Gasteiger partial charge in [-0.2, -0.15) is 0 Å². The van der Waals surface area contributed by atoms with Gasteiger partial charge in [-0.15, -0.1) is 0 Å². The third kappa shape index (κ3) is 2.53. The lowest BCUT2D eigenvalue weighted by Crippen LogP contribution is -2.24. The Labute approximate surface area is 103 Å². The first kappa shape index (κ1) is 11.2. The number of methoxy groups -OCH3 is 1. The zero-order valence-corrected chi connectivity index (χ0v) is 10.5.